The third-order valence-corrected chi connectivity index (χ3v) is 3.31. The summed E-state index contributed by atoms with van der Waals surface area (Å²) in [5, 5.41) is 3.05. The fourth-order valence-electron chi connectivity index (χ4n) is 1.73. The first kappa shape index (κ1) is 15.8. The molecule has 0 saturated carbocycles. The van der Waals surface area contributed by atoms with E-state index >= 15 is 0 Å². The Hall–Kier alpha value is -1.23. The van der Waals surface area contributed by atoms with Gasteiger partial charge in [0.1, 0.15) is 6.33 Å². The average Bonchev–Trinajstić information content (AvgIpc) is 2.39. The summed E-state index contributed by atoms with van der Waals surface area (Å²) < 4.78 is 13.8. The molecule has 0 atom stereocenters. The third-order valence-electron chi connectivity index (χ3n) is 3.31. The number of unbranched alkanes of at least 4 members (excludes halogenated alkanes) is 1. The molecular weight excluding hydrogens is 243 g/mol. The van der Waals surface area contributed by atoms with Crippen LogP contribution in [0, 0.1) is 5.82 Å². The minimum atomic E-state index is -0.315. The molecule has 0 amide bonds. The maximum absolute atomic E-state index is 13.8. The number of hydrogen-bond acceptors (Lipinski definition) is 4. The van der Waals surface area contributed by atoms with Crippen LogP contribution >= 0.6 is 0 Å². The predicted molar refractivity (Wildman–Crippen MR) is 76.9 cm³/mol. The second-order valence-corrected chi connectivity index (χ2v) is 5.04. The predicted octanol–water partition coefficient (Wildman–Crippen LogP) is 2.71. The summed E-state index contributed by atoms with van der Waals surface area (Å²) >= 11 is 0. The highest BCUT2D eigenvalue weighted by Crippen LogP contribution is 2.13. The van der Waals surface area contributed by atoms with Crippen LogP contribution in [0.15, 0.2) is 6.33 Å². The summed E-state index contributed by atoms with van der Waals surface area (Å²) in [6, 6.07) is 0.569. The molecule has 0 aromatic carbocycles. The number of rotatable bonds is 8. The molecule has 5 heteroatoms. The Morgan fingerprint density at radius 1 is 1.32 bits per heavy atom. The highest BCUT2D eigenvalue weighted by Gasteiger charge is 2.08. The smallest absolute Gasteiger partial charge is 0.186 e. The number of aryl methyl sites for hydroxylation is 1. The van der Waals surface area contributed by atoms with Crippen molar-refractivity contribution < 1.29 is 4.39 Å². The summed E-state index contributed by atoms with van der Waals surface area (Å²) in [6.07, 6.45) is 4.09. The molecule has 108 valence electrons. The second kappa shape index (κ2) is 8.04. The van der Waals surface area contributed by atoms with E-state index in [2.05, 4.69) is 41.1 Å². The lowest BCUT2D eigenvalue weighted by molar-refractivity contribution is 0.269. The van der Waals surface area contributed by atoms with Crippen molar-refractivity contribution in [2.45, 2.75) is 46.1 Å². The van der Waals surface area contributed by atoms with Crippen LogP contribution in [0.5, 0.6) is 0 Å². The van der Waals surface area contributed by atoms with E-state index in [9.17, 15) is 4.39 Å². The van der Waals surface area contributed by atoms with E-state index in [1.165, 1.54) is 6.33 Å². The van der Waals surface area contributed by atoms with Crippen LogP contribution < -0.4 is 5.32 Å². The van der Waals surface area contributed by atoms with Gasteiger partial charge in [-0.15, -0.1) is 0 Å². The van der Waals surface area contributed by atoms with Crippen molar-refractivity contribution >= 4 is 5.82 Å². The first-order valence-electron chi connectivity index (χ1n) is 6.99. The van der Waals surface area contributed by atoms with E-state index in [-0.39, 0.29) is 5.82 Å². The zero-order chi connectivity index (χ0) is 14.3. The molecule has 0 aliphatic heterocycles. The molecule has 0 radical (unpaired) electrons. The van der Waals surface area contributed by atoms with Gasteiger partial charge in [0.25, 0.3) is 0 Å². The highest BCUT2D eigenvalue weighted by atomic mass is 19.1. The Morgan fingerprint density at radius 2 is 2.05 bits per heavy atom. The maximum Gasteiger partial charge on any atom is 0.186 e. The van der Waals surface area contributed by atoms with Crippen molar-refractivity contribution in [3.8, 4) is 0 Å². The topological polar surface area (TPSA) is 41.1 Å². The van der Waals surface area contributed by atoms with E-state index in [0.717, 1.165) is 25.9 Å². The second-order valence-electron chi connectivity index (χ2n) is 5.04. The first-order valence-corrected chi connectivity index (χ1v) is 6.99. The zero-order valence-corrected chi connectivity index (χ0v) is 12.4. The van der Waals surface area contributed by atoms with Crippen molar-refractivity contribution in [1.82, 2.24) is 14.9 Å². The molecular formula is C14H25FN4. The Balaban J connectivity index is 2.30. The minimum Gasteiger partial charge on any atom is -0.368 e. The molecule has 1 heterocycles. The molecule has 0 spiro atoms. The largest absolute Gasteiger partial charge is 0.368 e. The molecule has 4 nitrogen and oxygen atoms in total. The molecule has 19 heavy (non-hydrogen) atoms. The molecule has 0 bridgehead atoms. The highest BCUT2D eigenvalue weighted by molar-refractivity contribution is 5.36. The Labute approximate surface area is 115 Å². The van der Waals surface area contributed by atoms with E-state index in [0.29, 0.717) is 24.0 Å². The molecule has 1 aromatic heterocycles. The van der Waals surface area contributed by atoms with Crippen molar-refractivity contribution in [2.75, 3.05) is 25.5 Å². The molecule has 1 rings (SSSR count). The van der Waals surface area contributed by atoms with Crippen molar-refractivity contribution in [3.63, 3.8) is 0 Å². The van der Waals surface area contributed by atoms with Crippen LogP contribution in [0.1, 0.15) is 39.3 Å². The van der Waals surface area contributed by atoms with Crippen LogP contribution in [0.3, 0.4) is 0 Å². The molecule has 0 aliphatic rings. The van der Waals surface area contributed by atoms with Gasteiger partial charge in [0, 0.05) is 12.6 Å². The number of aromatic nitrogens is 2. The van der Waals surface area contributed by atoms with Gasteiger partial charge in [-0.05, 0) is 46.7 Å². The van der Waals surface area contributed by atoms with Gasteiger partial charge in [-0.2, -0.15) is 0 Å². The third kappa shape index (κ3) is 5.11. The number of halogens is 1. The quantitative estimate of drug-likeness (QED) is 0.736. The Morgan fingerprint density at radius 3 is 2.68 bits per heavy atom. The molecule has 1 N–H and O–H groups in total. The first-order chi connectivity index (χ1) is 9.06. The van der Waals surface area contributed by atoms with E-state index in [1.807, 2.05) is 6.92 Å². The van der Waals surface area contributed by atoms with Gasteiger partial charge in [-0.25, -0.2) is 14.4 Å². The van der Waals surface area contributed by atoms with Crippen LogP contribution in [0.2, 0.25) is 0 Å². The van der Waals surface area contributed by atoms with Gasteiger partial charge in [-0.1, -0.05) is 6.92 Å². The maximum atomic E-state index is 13.8. The van der Waals surface area contributed by atoms with E-state index < -0.39 is 0 Å². The lowest BCUT2D eigenvalue weighted by Crippen LogP contribution is -2.27. The summed E-state index contributed by atoms with van der Waals surface area (Å²) in [5.74, 6) is 0.00774. The van der Waals surface area contributed by atoms with Crippen LogP contribution in [-0.4, -0.2) is 41.0 Å². The molecule has 1 aromatic rings. The monoisotopic (exact) mass is 268 g/mol. The lowest BCUT2D eigenvalue weighted by Gasteiger charge is -2.20. The van der Waals surface area contributed by atoms with Gasteiger partial charge >= 0.3 is 0 Å². The number of nitrogens with zero attached hydrogens (tertiary/aromatic N) is 3. The fraction of sp³-hybridized carbons (Fsp3) is 0.714. The normalized spacial score (nSPS) is 11.3. The summed E-state index contributed by atoms with van der Waals surface area (Å²) in [4.78, 5) is 10.2. The average molecular weight is 268 g/mol. The van der Waals surface area contributed by atoms with Crippen LogP contribution in [0.25, 0.3) is 0 Å². The molecule has 0 fully saturated rings. The van der Waals surface area contributed by atoms with Crippen LogP contribution in [-0.2, 0) is 6.42 Å². The number of nitrogens with one attached hydrogen (secondary N) is 1. The van der Waals surface area contributed by atoms with Crippen molar-refractivity contribution in [2.24, 2.45) is 0 Å². The SMILES string of the molecule is CCc1ncnc(NCCCCN(C)C(C)C)c1F. The zero-order valence-electron chi connectivity index (χ0n) is 12.4. The molecule has 0 aliphatic carbocycles. The van der Waals surface area contributed by atoms with Crippen molar-refractivity contribution in [3.05, 3.63) is 17.8 Å². The minimum absolute atomic E-state index is 0.315. The Kier molecular flexibility index (Phi) is 6.70. The van der Waals surface area contributed by atoms with Crippen LogP contribution in [0.4, 0.5) is 10.2 Å². The molecule has 0 unspecified atom stereocenters. The number of hydrogen-bond donors (Lipinski definition) is 1. The van der Waals surface area contributed by atoms with Gasteiger partial charge in [-0.3, -0.25) is 0 Å². The van der Waals surface area contributed by atoms with Crippen molar-refractivity contribution in [1.29, 1.82) is 0 Å². The fourth-order valence-corrected chi connectivity index (χ4v) is 1.73. The summed E-state index contributed by atoms with van der Waals surface area (Å²) in [5.41, 5.74) is 0.469. The molecule has 0 saturated heterocycles. The summed E-state index contributed by atoms with van der Waals surface area (Å²) in [7, 11) is 2.12. The lowest BCUT2D eigenvalue weighted by atomic mass is 10.2. The van der Waals surface area contributed by atoms with Gasteiger partial charge in [0.2, 0.25) is 0 Å². The van der Waals surface area contributed by atoms with E-state index in [4.69, 9.17) is 0 Å². The standard InChI is InChI=1S/C14H25FN4/c1-5-12-13(15)14(18-10-17-12)16-8-6-7-9-19(4)11(2)3/h10-11H,5-9H2,1-4H3,(H,16,17,18). The van der Waals surface area contributed by atoms with Gasteiger partial charge in [0.05, 0.1) is 5.69 Å². The van der Waals surface area contributed by atoms with Gasteiger partial charge in [0.15, 0.2) is 11.6 Å². The number of anilines is 1. The van der Waals surface area contributed by atoms with E-state index in [1.54, 1.807) is 0 Å². The van der Waals surface area contributed by atoms with Gasteiger partial charge < -0.3 is 10.2 Å². The summed E-state index contributed by atoms with van der Waals surface area (Å²) in [6.45, 7) is 8.05. The Bertz CT molecular complexity index is 382.